The van der Waals surface area contributed by atoms with Crippen LogP contribution in [0.4, 0.5) is 0 Å². The van der Waals surface area contributed by atoms with E-state index in [2.05, 4.69) is 79.9 Å². The molecule has 0 fully saturated rings. The lowest BCUT2D eigenvalue weighted by Gasteiger charge is -2.31. The molecule has 3 N–H and O–H groups in total. The minimum atomic E-state index is -4.68. The molecule has 0 aliphatic rings. The van der Waals surface area contributed by atoms with Gasteiger partial charge in [-0.2, -0.15) is 0 Å². The van der Waals surface area contributed by atoms with Gasteiger partial charge in [-0.3, -0.25) is 9.36 Å². The molecule has 0 aromatic heterocycles. The molecule has 0 saturated carbocycles. The fourth-order valence-corrected chi connectivity index (χ4v) is 6.47. The van der Waals surface area contributed by atoms with E-state index in [4.69, 9.17) is 9.05 Å². The van der Waals surface area contributed by atoms with Gasteiger partial charge in [0, 0.05) is 6.42 Å². The van der Waals surface area contributed by atoms with Crippen molar-refractivity contribution in [3.8, 4) is 0 Å². The van der Waals surface area contributed by atoms with Crippen LogP contribution in [0.1, 0.15) is 162 Å². The molecule has 0 heterocycles. The molecule has 0 spiro atoms. The number of quaternary nitrogens is 1. The highest BCUT2D eigenvalue weighted by atomic mass is 31.2. The molecule has 0 radical (unpaired) electrons. The standard InChI is InChI=1S/C45H83N2O7P/c1-6-8-10-12-14-16-18-20-21-22-23-24-25-26-28-30-32-34-36-38-44(49)46-42(41-54-55(51,52)53-40-39-47(3,4)5)45(50)43(48)37-35-33-31-29-27-19-17-15-13-11-9-7-2/h14-17,20-21,23-24,29,31,42-43,45,48,50H,6-13,18-19,22,25-28,30,32-41H2,1-5H3,(H-,46,49,51,52)/b16-14-,17-15+,21-20-,24-23-,31-29+. The highest BCUT2D eigenvalue weighted by Crippen LogP contribution is 2.38. The van der Waals surface area contributed by atoms with Crippen LogP contribution in [0.5, 0.6) is 0 Å². The second kappa shape index (κ2) is 36.5. The van der Waals surface area contributed by atoms with E-state index in [-0.39, 0.29) is 18.9 Å². The van der Waals surface area contributed by atoms with Gasteiger partial charge in [-0.05, 0) is 89.9 Å². The second-order valence-corrected chi connectivity index (χ2v) is 17.2. The third-order valence-corrected chi connectivity index (χ3v) is 10.3. The SMILES string of the molecule is CCCCC/C=C\C/C=C\C/C=C\CCCCCCCCC(=O)NC(COP(=O)([O-])OCC[N+](C)(C)C)C(O)C(O)CCC/C=C/CC/C=C/CCCCC. The van der Waals surface area contributed by atoms with Gasteiger partial charge in [0.05, 0.1) is 39.9 Å². The van der Waals surface area contributed by atoms with Gasteiger partial charge in [0.1, 0.15) is 19.3 Å². The topological polar surface area (TPSA) is 128 Å². The molecular weight excluding hydrogens is 711 g/mol. The number of aliphatic hydroxyl groups excluding tert-OH is 2. The van der Waals surface area contributed by atoms with E-state index < -0.39 is 32.7 Å². The van der Waals surface area contributed by atoms with Crippen molar-refractivity contribution in [1.29, 1.82) is 0 Å². The van der Waals surface area contributed by atoms with Crippen LogP contribution >= 0.6 is 7.82 Å². The zero-order valence-corrected chi connectivity index (χ0v) is 36.6. The number of nitrogens with zero attached hydrogens (tertiary/aromatic N) is 1. The number of amides is 1. The van der Waals surface area contributed by atoms with Crippen molar-refractivity contribution in [2.45, 2.75) is 180 Å². The summed E-state index contributed by atoms with van der Waals surface area (Å²) in [4.78, 5) is 25.3. The summed E-state index contributed by atoms with van der Waals surface area (Å²) in [5.74, 6) is -0.309. The van der Waals surface area contributed by atoms with Gasteiger partial charge in [-0.1, -0.05) is 126 Å². The number of rotatable bonds is 38. The molecule has 0 aromatic rings. The number of aliphatic hydroxyl groups is 2. The van der Waals surface area contributed by atoms with Crippen LogP contribution in [-0.2, 0) is 18.4 Å². The molecule has 4 unspecified atom stereocenters. The average Bonchev–Trinajstić information content (AvgIpc) is 3.13. The number of carbonyl (C=O) groups is 1. The predicted octanol–water partition coefficient (Wildman–Crippen LogP) is 10.2. The van der Waals surface area contributed by atoms with Gasteiger partial charge >= 0.3 is 0 Å². The lowest BCUT2D eigenvalue weighted by atomic mass is 10.0. The van der Waals surface area contributed by atoms with Gasteiger partial charge in [0.2, 0.25) is 5.91 Å². The first kappa shape index (κ1) is 53.2. The van der Waals surface area contributed by atoms with E-state index in [1.54, 1.807) is 0 Å². The van der Waals surface area contributed by atoms with Crippen LogP contribution in [0.3, 0.4) is 0 Å². The van der Waals surface area contributed by atoms with Crippen molar-refractivity contribution in [3.05, 3.63) is 60.8 Å². The lowest BCUT2D eigenvalue weighted by Crippen LogP contribution is -2.51. The van der Waals surface area contributed by atoms with Crippen LogP contribution in [-0.4, -0.2) is 79.8 Å². The molecule has 0 saturated heterocycles. The predicted molar refractivity (Wildman–Crippen MR) is 230 cm³/mol. The molecule has 0 aliphatic carbocycles. The number of hydrogen-bond acceptors (Lipinski definition) is 7. The number of nitrogens with one attached hydrogen (secondary N) is 1. The highest BCUT2D eigenvalue weighted by molar-refractivity contribution is 7.45. The Hall–Kier alpha value is -1.84. The molecule has 0 rings (SSSR count). The maximum absolute atomic E-state index is 12.9. The Labute approximate surface area is 337 Å². The van der Waals surface area contributed by atoms with Crippen LogP contribution in [0, 0.1) is 0 Å². The zero-order valence-electron chi connectivity index (χ0n) is 35.7. The van der Waals surface area contributed by atoms with Gasteiger partial charge < -0.3 is 34.0 Å². The van der Waals surface area contributed by atoms with Gasteiger partial charge in [0.15, 0.2) is 0 Å². The molecule has 320 valence electrons. The van der Waals surface area contributed by atoms with Crippen molar-refractivity contribution in [1.82, 2.24) is 5.32 Å². The van der Waals surface area contributed by atoms with Gasteiger partial charge in [-0.15, -0.1) is 0 Å². The molecule has 4 atom stereocenters. The fourth-order valence-electron chi connectivity index (χ4n) is 5.74. The summed E-state index contributed by atoms with van der Waals surface area (Å²) in [6.45, 7) is 4.31. The van der Waals surface area contributed by atoms with Crippen molar-refractivity contribution in [2.75, 3.05) is 40.9 Å². The summed E-state index contributed by atoms with van der Waals surface area (Å²) in [7, 11) is 1.08. The van der Waals surface area contributed by atoms with Crippen molar-refractivity contribution >= 4 is 13.7 Å². The van der Waals surface area contributed by atoms with Gasteiger partial charge in [-0.25, -0.2) is 0 Å². The van der Waals surface area contributed by atoms with E-state index in [9.17, 15) is 24.5 Å². The Balaban J connectivity index is 4.59. The van der Waals surface area contributed by atoms with Crippen molar-refractivity contribution in [2.24, 2.45) is 0 Å². The van der Waals surface area contributed by atoms with Crippen molar-refractivity contribution in [3.63, 3.8) is 0 Å². The van der Waals surface area contributed by atoms with Crippen molar-refractivity contribution < 1.29 is 38.0 Å². The van der Waals surface area contributed by atoms with Crippen LogP contribution in [0.2, 0.25) is 0 Å². The molecule has 0 aliphatic heterocycles. The largest absolute Gasteiger partial charge is 0.756 e. The Morgan fingerprint density at radius 2 is 1.11 bits per heavy atom. The number of unbranched alkanes of at least 4 members (excludes halogenated alkanes) is 14. The average molecular weight is 795 g/mol. The van der Waals surface area contributed by atoms with Crippen LogP contribution in [0.15, 0.2) is 60.8 Å². The maximum atomic E-state index is 12.9. The van der Waals surface area contributed by atoms with E-state index in [1.165, 1.54) is 44.9 Å². The summed E-state index contributed by atoms with van der Waals surface area (Å²) >= 11 is 0. The summed E-state index contributed by atoms with van der Waals surface area (Å²) in [6, 6.07) is -1.10. The first-order valence-electron chi connectivity index (χ1n) is 21.7. The minimum Gasteiger partial charge on any atom is -0.756 e. The minimum absolute atomic E-state index is 0.0544. The number of allylic oxidation sites excluding steroid dienone is 10. The van der Waals surface area contributed by atoms with Gasteiger partial charge in [0.25, 0.3) is 7.82 Å². The first-order chi connectivity index (χ1) is 26.4. The Kier molecular flexibility index (Phi) is 35.3. The van der Waals surface area contributed by atoms with Crippen LogP contribution < -0.4 is 10.2 Å². The Morgan fingerprint density at radius 3 is 1.65 bits per heavy atom. The molecule has 0 bridgehead atoms. The zero-order chi connectivity index (χ0) is 40.9. The molecule has 55 heavy (non-hydrogen) atoms. The lowest BCUT2D eigenvalue weighted by molar-refractivity contribution is -0.870. The Morgan fingerprint density at radius 1 is 0.655 bits per heavy atom. The monoisotopic (exact) mass is 795 g/mol. The smallest absolute Gasteiger partial charge is 0.268 e. The summed E-state index contributed by atoms with van der Waals surface area (Å²) in [6.07, 6.45) is 42.6. The number of phosphoric acid groups is 1. The Bertz CT molecular complexity index is 1100. The molecule has 10 heteroatoms. The fraction of sp³-hybridized carbons (Fsp3) is 0.756. The van der Waals surface area contributed by atoms with Crippen LogP contribution in [0.25, 0.3) is 0 Å². The quantitative estimate of drug-likeness (QED) is 0.0246. The van der Waals surface area contributed by atoms with E-state index in [0.29, 0.717) is 30.3 Å². The third-order valence-electron chi connectivity index (χ3n) is 9.30. The first-order valence-corrected chi connectivity index (χ1v) is 23.2. The number of hydrogen-bond donors (Lipinski definition) is 3. The summed E-state index contributed by atoms with van der Waals surface area (Å²) < 4.78 is 23.1. The molecule has 9 nitrogen and oxygen atoms in total. The normalized spacial score (nSPS) is 15.6. The summed E-state index contributed by atoms with van der Waals surface area (Å²) in [5.41, 5.74) is 0. The number of carbonyl (C=O) groups excluding carboxylic acids is 1. The molecule has 0 aromatic carbocycles. The van der Waals surface area contributed by atoms with E-state index in [0.717, 1.165) is 77.0 Å². The number of phosphoric ester groups is 1. The second-order valence-electron chi connectivity index (χ2n) is 15.8. The maximum Gasteiger partial charge on any atom is 0.268 e. The highest BCUT2D eigenvalue weighted by Gasteiger charge is 2.29. The molecular formula is C45H83N2O7P. The van der Waals surface area contributed by atoms with E-state index >= 15 is 0 Å². The number of likely N-dealkylation sites (N-methyl/N-ethyl adjacent to an activating group) is 1. The van der Waals surface area contributed by atoms with E-state index in [1.807, 2.05) is 21.1 Å². The molecule has 1 amide bonds. The summed E-state index contributed by atoms with van der Waals surface area (Å²) in [5, 5.41) is 24.5. The third kappa shape index (κ3) is 37.5.